The minimum absolute atomic E-state index is 0. The fraction of sp³-hybridized carbons (Fsp3) is 0.228. The molecule has 2 aromatic heterocycles. The van der Waals surface area contributed by atoms with E-state index in [9.17, 15) is 0 Å². The first-order valence-electron chi connectivity index (χ1n) is 21.6. The minimum atomic E-state index is -0.771. The first kappa shape index (κ1) is 43.0. The molecule has 0 saturated heterocycles. The van der Waals surface area contributed by atoms with E-state index >= 15 is 0 Å². The molecule has 1 aliphatic heterocycles. The van der Waals surface area contributed by atoms with Gasteiger partial charge >= 0.3 is 0 Å². The van der Waals surface area contributed by atoms with Crippen molar-refractivity contribution < 1.29 is 21.1 Å². The Kier molecular flexibility index (Phi) is 11.7. The summed E-state index contributed by atoms with van der Waals surface area (Å²) >= 11 is 0. The average Bonchev–Trinajstić information content (AvgIpc) is 3.88. The maximum atomic E-state index is 4.99. The molecule has 5 heteroatoms. The third-order valence-electron chi connectivity index (χ3n) is 12.1. The molecule has 1 aliphatic rings. The van der Waals surface area contributed by atoms with Gasteiger partial charge in [0, 0.05) is 43.9 Å². The molecule has 62 heavy (non-hydrogen) atoms. The van der Waals surface area contributed by atoms with E-state index in [0.717, 1.165) is 62.3 Å². The topological polar surface area (TPSA) is 24.3 Å². The maximum absolute atomic E-state index is 4.99. The SMILES string of the molecule is CC(C)Cc1ccnc(-n2c3[c-]c(C(c4[c-]c(N5C=CN(c6cc(C(C)(C)C)cc(C(C)(C)C)c6)[CH-]5)ccc4)(c4ccccc4)c4ccccc4)ccc3c3ccccc32)c1.[Pt]. The molecular weight excluding hydrogens is 936 g/mol. The molecule has 0 unspecified atom stereocenters. The van der Waals surface area contributed by atoms with Gasteiger partial charge in [-0.2, -0.15) is 42.5 Å². The number of anilines is 2. The number of para-hydroxylation sites is 1. The summed E-state index contributed by atoms with van der Waals surface area (Å²) in [5, 5.41) is 2.32. The summed E-state index contributed by atoms with van der Waals surface area (Å²) in [7, 11) is 0. The molecule has 0 N–H and O–H groups in total. The van der Waals surface area contributed by atoms with Crippen LogP contribution in [0.25, 0.3) is 27.6 Å². The van der Waals surface area contributed by atoms with Crippen LogP contribution in [-0.4, -0.2) is 9.55 Å². The number of hydrogen-bond acceptors (Lipinski definition) is 3. The largest absolute Gasteiger partial charge is 0.500 e. The van der Waals surface area contributed by atoms with E-state index in [-0.39, 0.29) is 31.9 Å². The molecule has 4 nitrogen and oxygen atoms in total. The van der Waals surface area contributed by atoms with Gasteiger partial charge in [0.15, 0.2) is 0 Å². The van der Waals surface area contributed by atoms with Crippen LogP contribution in [0.4, 0.5) is 11.4 Å². The Morgan fingerprint density at radius 1 is 0.581 bits per heavy atom. The Bertz CT molecular complexity index is 2800. The molecule has 0 spiro atoms. The number of fused-ring (bicyclic) bond motifs is 3. The molecule has 8 aromatic rings. The van der Waals surface area contributed by atoms with Crippen LogP contribution in [0, 0.1) is 24.7 Å². The van der Waals surface area contributed by atoms with Crippen LogP contribution in [-0.2, 0) is 43.7 Å². The molecule has 0 saturated carbocycles. The fourth-order valence-electron chi connectivity index (χ4n) is 8.94. The molecule has 9 rings (SSSR count). The van der Waals surface area contributed by atoms with Gasteiger partial charge in [0.1, 0.15) is 5.82 Å². The summed E-state index contributed by atoms with van der Waals surface area (Å²) in [6, 6.07) is 61.0. The molecule has 0 radical (unpaired) electrons. The van der Waals surface area contributed by atoms with Crippen molar-refractivity contribution >= 4 is 33.2 Å². The number of benzene rings is 6. The smallest absolute Gasteiger partial charge is 0.135 e. The van der Waals surface area contributed by atoms with Gasteiger partial charge in [-0.1, -0.05) is 146 Å². The monoisotopic (exact) mass is 990 g/mol. The summed E-state index contributed by atoms with van der Waals surface area (Å²) in [6.45, 7) is 20.4. The van der Waals surface area contributed by atoms with Gasteiger partial charge in [-0.05, 0) is 99.1 Å². The van der Waals surface area contributed by atoms with Crippen LogP contribution < -0.4 is 9.80 Å². The zero-order valence-electron chi connectivity index (χ0n) is 37.1. The number of nitrogens with zero attached hydrogens (tertiary/aromatic N) is 4. The van der Waals surface area contributed by atoms with E-state index < -0.39 is 5.41 Å². The van der Waals surface area contributed by atoms with E-state index in [2.05, 4.69) is 247 Å². The summed E-state index contributed by atoms with van der Waals surface area (Å²) in [5.74, 6) is 1.44. The standard InChI is InChI=1S/C57H55N4.Pt/c1-40(2)32-41-28-29-58-54(33-41)61-52-25-16-15-24-50(52)51-27-26-45(38-53(51)61)57(42-18-11-9-12-19-42,43-20-13-10-14-21-43)44-22-17-23-48(35-44)59-30-31-60(39-59)49-36-46(55(3,4)5)34-47(37-49)56(6,7)8;/h9-31,33-34,36-37,39-40H,32H2,1-8H3;/q-3;. The van der Waals surface area contributed by atoms with Crippen LogP contribution in [0.2, 0.25) is 0 Å². The first-order valence-corrected chi connectivity index (χ1v) is 21.6. The minimum Gasteiger partial charge on any atom is -0.500 e. The molecular formula is C57H55N4Pt-3. The van der Waals surface area contributed by atoms with Crippen LogP contribution in [0.3, 0.4) is 0 Å². The molecule has 0 atom stereocenters. The molecule has 0 amide bonds. The molecule has 3 heterocycles. The van der Waals surface area contributed by atoms with Crippen LogP contribution in [0.1, 0.15) is 94.3 Å². The van der Waals surface area contributed by atoms with Crippen molar-refractivity contribution in [1.82, 2.24) is 9.55 Å². The Balaban J connectivity index is 0.00000529. The van der Waals surface area contributed by atoms with Crippen LogP contribution in [0.15, 0.2) is 164 Å². The van der Waals surface area contributed by atoms with Crippen molar-refractivity contribution in [2.24, 2.45) is 5.92 Å². The summed E-state index contributed by atoms with van der Waals surface area (Å²) < 4.78 is 2.30. The van der Waals surface area contributed by atoms with Gasteiger partial charge in [-0.3, -0.25) is 0 Å². The van der Waals surface area contributed by atoms with Crippen LogP contribution in [0.5, 0.6) is 0 Å². The van der Waals surface area contributed by atoms with Crippen molar-refractivity contribution in [2.45, 2.75) is 78.1 Å². The van der Waals surface area contributed by atoms with E-state index in [0.29, 0.717) is 5.92 Å². The molecule has 0 fully saturated rings. The number of pyridine rings is 1. The van der Waals surface area contributed by atoms with Crippen molar-refractivity contribution in [1.29, 1.82) is 0 Å². The third kappa shape index (κ3) is 7.95. The van der Waals surface area contributed by atoms with Gasteiger partial charge in [0.25, 0.3) is 0 Å². The fourth-order valence-corrected chi connectivity index (χ4v) is 8.94. The number of rotatable bonds is 9. The number of aromatic nitrogens is 2. The Morgan fingerprint density at radius 2 is 1.19 bits per heavy atom. The van der Waals surface area contributed by atoms with Gasteiger partial charge in [-0.15, -0.1) is 28.9 Å². The molecule has 0 bridgehead atoms. The van der Waals surface area contributed by atoms with Crippen LogP contribution >= 0.6 is 0 Å². The van der Waals surface area contributed by atoms with Crippen molar-refractivity contribution in [3.63, 3.8) is 0 Å². The van der Waals surface area contributed by atoms with E-state index in [1.807, 2.05) is 6.20 Å². The quantitative estimate of drug-likeness (QED) is 0.106. The Morgan fingerprint density at radius 3 is 1.84 bits per heavy atom. The molecule has 0 aliphatic carbocycles. The predicted octanol–water partition coefficient (Wildman–Crippen LogP) is 13.9. The zero-order valence-corrected chi connectivity index (χ0v) is 39.3. The van der Waals surface area contributed by atoms with Gasteiger partial charge in [0.2, 0.25) is 0 Å². The maximum Gasteiger partial charge on any atom is 0.135 e. The van der Waals surface area contributed by atoms with Gasteiger partial charge in [-0.25, -0.2) is 4.98 Å². The van der Waals surface area contributed by atoms with Crippen molar-refractivity contribution in [3.05, 3.63) is 222 Å². The number of hydrogen-bond donors (Lipinski definition) is 0. The van der Waals surface area contributed by atoms with E-state index in [4.69, 9.17) is 4.98 Å². The Hall–Kier alpha value is -5.70. The molecule has 6 aromatic carbocycles. The average molecular weight is 991 g/mol. The zero-order chi connectivity index (χ0) is 42.5. The second kappa shape index (κ2) is 16.9. The first-order chi connectivity index (χ1) is 29.3. The summed E-state index contributed by atoms with van der Waals surface area (Å²) in [4.78, 5) is 9.41. The Labute approximate surface area is 383 Å². The normalized spacial score (nSPS) is 13.4. The van der Waals surface area contributed by atoms with E-state index in [1.165, 1.54) is 22.1 Å². The van der Waals surface area contributed by atoms with Crippen molar-refractivity contribution in [3.8, 4) is 5.82 Å². The summed E-state index contributed by atoms with van der Waals surface area (Å²) in [5.41, 5.74) is 11.7. The van der Waals surface area contributed by atoms with E-state index in [1.54, 1.807) is 0 Å². The summed E-state index contributed by atoms with van der Waals surface area (Å²) in [6.07, 6.45) is 7.23. The second-order valence-electron chi connectivity index (χ2n) is 19.0. The van der Waals surface area contributed by atoms with Gasteiger partial charge < -0.3 is 14.4 Å². The molecule has 316 valence electrons. The van der Waals surface area contributed by atoms with Crippen molar-refractivity contribution in [2.75, 3.05) is 9.80 Å². The third-order valence-corrected chi connectivity index (χ3v) is 12.1. The predicted molar refractivity (Wildman–Crippen MR) is 255 cm³/mol. The second-order valence-corrected chi connectivity index (χ2v) is 19.0. The van der Waals surface area contributed by atoms with Gasteiger partial charge in [0.05, 0.1) is 0 Å².